The van der Waals surface area contributed by atoms with Crippen molar-refractivity contribution in [2.24, 2.45) is 0 Å². The van der Waals surface area contributed by atoms with Crippen molar-refractivity contribution in [2.75, 3.05) is 0 Å². The molecule has 0 amide bonds. The molecule has 0 unspecified atom stereocenters. The van der Waals surface area contributed by atoms with E-state index in [4.69, 9.17) is 0 Å². The highest BCUT2D eigenvalue weighted by atomic mass is 16.1. The van der Waals surface area contributed by atoms with Crippen LogP contribution in [0, 0.1) is 0 Å². The first-order valence-corrected chi connectivity index (χ1v) is 9.82. The molecule has 3 nitrogen and oxygen atoms in total. The second kappa shape index (κ2) is 7.72. The maximum absolute atomic E-state index is 13.9. The van der Waals surface area contributed by atoms with Crippen LogP contribution in [-0.4, -0.2) is 15.8 Å². The van der Waals surface area contributed by atoms with Crippen LogP contribution in [0.15, 0.2) is 109 Å². The summed E-state index contributed by atoms with van der Waals surface area (Å²) < 4.78 is 0. The summed E-state index contributed by atoms with van der Waals surface area (Å²) >= 11 is 0. The van der Waals surface area contributed by atoms with Crippen molar-refractivity contribution >= 4 is 28.1 Å². The molecule has 2 aromatic heterocycles. The van der Waals surface area contributed by atoms with Crippen LogP contribution in [0.4, 0.5) is 0 Å². The third kappa shape index (κ3) is 3.07. The number of carbonyl (C=O) groups excluding carboxylic acids is 1. The van der Waals surface area contributed by atoms with Gasteiger partial charge in [0.25, 0.3) is 0 Å². The molecule has 5 rings (SSSR count). The fourth-order valence-corrected chi connectivity index (χ4v) is 3.90. The summed E-state index contributed by atoms with van der Waals surface area (Å²) in [5.74, 6) is -0.0508. The van der Waals surface area contributed by atoms with Gasteiger partial charge in [-0.15, -0.1) is 0 Å². The zero-order valence-corrected chi connectivity index (χ0v) is 16.2. The van der Waals surface area contributed by atoms with Gasteiger partial charge in [0.1, 0.15) is 0 Å². The minimum Gasteiger partial charge on any atom is -0.288 e. The monoisotopic (exact) mass is 386 g/mol. The molecule has 0 fully saturated rings. The largest absolute Gasteiger partial charge is 0.288 e. The Kier molecular flexibility index (Phi) is 4.62. The smallest absolute Gasteiger partial charge is 0.198 e. The number of aromatic nitrogens is 2. The minimum atomic E-state index is -0.0508. The lowest BCUT2D eigenvalue weighted by molar-refractivity contribution is -0.108. The summed E-state index contributed by atoms with van der Waals surface area (Å²) in [5.41, 5.74) is 6.31. The van der Waals surface area contributed by atoms with Gasteiger partial charge >= 0.3 is 0 Å². The van der Waals surface area contributed by atoms with E-state index in [9.17, 15) is 4.79 Å². The predicted molar refractivity (Wildman–Crippen MR) is 120 cm³/mol. The van der Waals surface area contributed by atoms with Gasteiger partial charge in [0.05, 0.1) is 22.5 Å². The molecule has 0 saturated heterocycles. The minimum absolute atomic E-state index is 0.0508. The summed E-state index contributed by atoms with van der Waals surface area (Å²) in [6.07, 6.45) is 3.44. The Balaban J connectivity index is 1.88. The second-order valence-corrected chi connectivity index (χ2v) is 6.99. The van der Waals surface area contributed by atoms with E-state index in [0.717, 1.165) is 22.3 Å². The number of ketones is 1. The van der Waals surface area contributed by atoms with Gasteiger partial charge in [-0.25, -0.2) is 0 Å². The van der Waals surface area contributed by atoms with Crippen LogP contribution in [0.3, 0.4) is 0 Å². The Morgan fingerprint density at radius 1 is 0.433 bits per heavy atom. The van der Waals surface area contributed by atoms with Crippen LogP contribution in [0.1, 0.15) is 22.5 Å². The predicted octanol–water partition coefficient (Wildman–Crippen LogP) is 5.58. The molecule has 30 heavy (non-hydrogen) atoms. The third-order valence-corrected chi connectivity index (χ3v) is 5.17. The molecule has 0 saturated carbocycles. The van der Waals surface area contributed by atoms with Crippen LogP contribution < -0.4 is 0 Å². The standard InChI is InChI=1S/C27H18N2O/c30-27-25(21-15-7-9-17-28-21)23(19-11-3-1-4-12-19)24(20-13-5-2-6-14-20)26(27)22-16-8-10-18-29-22/h1-18H. The topological polar surface area (TPSA) is 42.9 Å². The number of benzene rings is 2. The van der Waals surface area contributed by atoms with Gasteiger partial charge in [-0.2, -0.15) is 0 Å². The van der Waals surface area contributed by atoms with Crippen molar-refractivity contribution in [3.63, 3.8) is 0 Å². The third-order valence-electron chi connectivity index (χ3n) is 5.17. The van der Waals surface area contributed by atoms with Crippen molar-refractivity contribution < 1.29 is 4.79 Å². The fraction of sp³-hybridized carbons (Fsp3) is 0. The molecule has 0 bridgehead atoms. The molecule has 0 radical (unpaired) electrons. The van der Waals surface area contributed by atoms with E-state index >= 15 is 0 Å². The molecule has 0 N–H and O–H groups in total. The Bertz CT molecular complexity index is 1160. The molecule has 142 valence electrons. The Hall–Kier alpha value is -4.11. The number of nitrogens with zero attached hydrogens (tertiary/aromatic N) is 2. The molecule has 0 aliphatic heterocycles. The van der Waals surface area contributed by atoms with Crippen molar-refractivity contribution in [3.05, 3.63) is 132 Å². The summed E-state index contributed by atoms with van der Waals surface area (Å²) in [7, 11) is 0. The van der Waals surface area contributed by atoms with Gasteiger partial charge < -0.3 is 0 Å². The normalized spacial score (nSPS) is 13.8. The first kappa shape index (κ1) is 18.0. The number of hydrogen-bond acceptors (Lipinski definition) is 3. The maximum atomic E-state index is 13.9. The van der Waals surface area contributed by atoms with E-state index in [0.29, 0.717) is 22.5 Å². The summed E-state index contributed by atoms with van der Waals surface area (Å²) in [5, 5.41) is 0. The number of pyridine rings is 2. The van der Waals surface area contributed by atoms with Crippen LogP contribution in [0.2, 0.25) is 0 Å². The first-order valence-electron chi connectivity index (χ1n) is 9.82. The van der Waals surface area contributed by atoms with Crippen molar-refractivity contribution in [1.29, 1.82) is 0 Å². The van der Waals surface area contributed by atoms with E-state index in [2.05, 4.69) is 9.97 Å². The molecule has 1 aliphatic carbocycles. The molecular weight excluding hydrogens is 368 g/mol. The molecule has 2 aromatic carbocycles. The highest BCUT2D eigenvalue weighted by Gasteiger charge is 2.36. The number of hydrogen-bond donors (Lipinski definition) is 0. The summed E-state index contributed by atoms with van der Waals surface area (Å²) in [6, 6.07) is 31.4. The molecular formula is C27H18N2O. The lowest BCUT2D eigenvalue weighted by atomic mass is 9.90. The second-order valence-electron chi connectivity index (χ2n) is 6.99. The first-order chi connectivity index (χ1) is 14.8. The number of allylic oxidation sites excluding steroid dienone is 4. The quantitative estimate of drug-likeness (QED) is 0.460. The highest BCUT2D eigenvalue weighted by Crippen LogP contribution is 2.48. The molecule has 4 aromatic rings. The lowest BCUT2D eigenvalue weighted by Crippen LogP contribution is -2.04. The van der Waals surface area contributed by atoms with E-state index in [1.165, 1.54) is 0 Å². The van der Waals surface area contributed by atoms with E-state index < -0.39 is 0 Å². The van der Waals surface area contributed by atoms with Gasteiger partial charge in [0, 0.05) is 23.5 Å². The SMILES string of the molecule is O=C1C(c2ccccn2)=C(c2ccccc2)C(c2ccccc2)=C1c1ccccn1. The Morgan fingerprint density at radius 2 is 0.833 bits per heavy atom. The van der Waals surface area contributed by atoms with Crippen LogP contribution in [-0.2, 0) is 4.79 Å². The Morgan fingerprint density at radius 3 is 1.20 bits per heavy atom. The zero-order chi connectivity index (χ0) is 20.3. The van der Waals surface area contributed by atoms with Crippen LogP contribution >= 0.6 is 0 Å². The molecule has 1 aliphatic rings. The number of carbonyl (C=O) groups is 1. The lowest BCUT2D eigenvalue weighted by Gasteiger charge is -2.13. The average Bonchev–Trinajstić information content (AvgIpc) is 3.14. The highest BCUT2D eigenvalue weighted by molar-refractivity contribution is 6.58. The van der Waals surface area contributed by atoms with Gasteiger partial charge in [0.2, 0.25) is 0 Å². The fourth-order valence-electron chi connectivity index (χ4n) is 3.90. The summed E-state index contributed by atoms with van der Waals surface area (Å²) in [4.78, 5) is 22.9. The Labute approximate surface area is 175 Å². The van der Waals surface area contributed by atoms with Crippen molar-refractivity contribution in [3.8, 4) is 0 Å². The van der Waals surface area contributed by atoms with Gasteiger partial charge in [-0.1, -0.05) is 72.8 Å². The van der Waals surface area contributed by atoms with Crippen LogP contribution in [0.25, 0.3) is 22.3 Å². The molecule has 2 heterocycles. The van der Waals surface area contributed by atoms with Gasteiger partial charge in [-0.05, 0) is 35.4 Å². The van der Waals surface area contributed by atoms with Crippen LogP contribution in [0.5, 0.6) is 0 Å². The van der Waals surface area contributed by atoms with Crippen molar-refractivity contribution in [2.45, 2.75) is 0 Å². The summed E-state index contributed by atoms with van der Waals surface area (Å²) in [6.45, 7) is 0. The van der Waals surface area contributed by atoms with E-state index in [1.807, 2.05) is 97.1 Å². The van der Waals surface area contributed by atoms with E-state index in [1.54, 1.807) is 12.4 Å². The van der Waals surface area contributed by atoms with Gasteiger partial charge in [-0.3, -0.25) is 14.8 Å². The molecule has 3 heteroatoms. The van der Waals surface area contributed by atoms with Crippen molar-refractivity contribution in [1.82, 2.24) is 9.97 Å². The van der Waals surface area contributed by atoms with E-state index in [-0.39, 0.29) is 5.78 Å². The zero-order valence-electron chi connectivity index (χ0n) is 16.2. The maximum Gasteiger partial charge on any atom is 0.198 e. The molecule has 0 atom stereocenters. The number of Topliss-reactive ketones (excluding diaryl/α,β-unsaturated/α-hetero) is 1. The number of rotatable bonds is 4. The van der Waals surface area contributed by atoms with Gasteiger partial charge in [0.15, 0.2) is 5.78 Å². The average molecular weight is 386 g/mol. The molecule has 0 spiro atoms.